The summed E-state index contributed by atoms with van der Waals surface area (Å²) in [6, 6.07) is 11.9. The molecule has 0 spiro atoms. The molecule has 29 heavy (non-hydrogen) atoms. The Labute approximate surface area is 169 Å². The van der Waals surface area contributed by atoms with Crippen LogP contribution in [0.4, 0.5) is 11.6 Å². The van der Waals surface area contributed by atoms with Crippen LogP contribution in [0.2, 0.25) is 0 Å². The molecule has 0 aliphatic carbocycles. The molecule has 1 amide bonds. The summed E-state index contributed by atoms with van der Waals surface area (Å²) >= 11 is 0. The Hall–Kier alpha value is -3.26. The van der Waals surface area contributed by atoms with Crippen LogP contribution in [0.5, 0.6) is 0 Å². The van der Waals surface area contributed by atoms with E-state index in [2.05, 4.69) is 32.5 Å². The number of benzene rings is 1. The third-order valence-electron chi connectivity index (χ3n) is 4.73. The van der Waals surface area contributed by atoms with Gasteiger partial charge in [-0.05, 0) is 25.0 Å². The van der Waals surface area contributed by atoms with Gasteiger partial charge in [-0.15, -0.1) is 0 Å². The number of nitrogens with one attached hydrogen (secondary N) is 1. The molecule has 150 valence electrons. The van der Waals surface area contributed by atoms with Crippen LogP contribution in [-0.4, -0.2) is 52.0 Å². The summed E-state index contributed by atoms with van der Waals surface area (Å²) in [6.45, 7) is 5.33. The highest BCUT2D eigenvalue weighted by Gasteiger charge is 2.17. The van der Waals surface area contributed by atoms with Crippen molar-refractivity contribution in [1.29, 1.82) is 0 Å². The maximum Gasteiger partial charge on any atom is 0.274 e. The molecule has 1 aliphatic rings. The molecular weight excluding hydrogens is 368 g/mol. The highest BCUT2D eigenvalue weighted by molar-refractivity contribution is 6.02. The van der Waals surface area contributed by atoms with E-state index in [0.717, 1.165) is 31.7 Å². The Balaban J connectivity index is 1.40. The Kier molecular flexibility index (Phi) is 5.81. The van der Waals surface area contributed by atoms with Gasteiger partial charge in [-0.1, -0.05) is 30.3 Å². The van der Waals surface area contributed by atoms with Crippen molar-refractivity contribution < 1.29 is 9.53 Å². The molecule has 1 fully saturated rings. The number of hydrogen-bond acceptors (Lipinski definition) is 6. The van der Waals surface area contributed by atoms with Crippen LogP contribution < -0.4 is 10.2 Å². The number of nitrogens with zero attached hydrogens (tertiary/aromatic N) is 5. The lowest BCUT2D eigenvalue weighted by Gasteiger charge is -2.27. The molecule has 4 rings (SSSR count). The Morgan fingerprint density at radius 2 is 1.97 bits per heavy atom. The fraction of sp³-hybridized carbons (Fsp3) is 0.333. The Bertz CT molecular complexity index is 966. The summed E-state index contributed by atoms with van der Waals surface area (Å²) < 4.78 is 7.20. The van der Waals surface area contributed by atoms with Crippen LogP contribution in [0.3, 0.4) is 0 Å². The van der Waals surface area contributed by atoms with Crippen molar-refractivity contribution >= 4 is 17.5 Å². The van der Waals surface area contributed by atoms with Crippen molar-refractivity contribution in [2.45, 2.75) is 19.9 Å². The lowest BCUT2D eigenvalue weighted by molar-refractivity contribution is 0.102. The van der Waals surface area contributed by atoms with Gasteiger partial charge in [0, 0.05) is 31.5 Å². The number of aryl methyl sites for hydroxylation is 3. The van der Waals surface area contributed by atoms with Gasteiger partial charge in [-0.3, -0.25) is 9.48 Å². The second kappa shape index (κ2) is 8.83. The molecule has 1 aromatic carbocycles. The topological polar surface area (TPSA) is 85.2 Å². The monoisotopic (exact) mass is 392 g/mol. The maximum atomic E-state index is 12.7. The summed E-state index contributed by atoms with van der Waals surface area (Å²) in [5, 5.41) is 7.21. The van der Waals surface area contributed by atoms with E-state index < -0.39 is 0 Å². The molecule has 8 nitrogen and oxygen atoms in total. The van der Waals surface area contributed by atoms with E-state index in [0.29, 0.717) is 30.5 Å². The predicted octanol–water partition coefficient (Wildman–Crippen LogP) is 2.31. The Morgan fingerprint density at radius 3 is 2.76 bits per heavy atom. The number of ether oxygens (including phenoxy) is 1. The van der Waals surface area contributed by atoms with E-state index >= 15 is 0 Å². The fourth-order valence-electron chi connectivity index (χ4n) is 3.21. The van der Waals surface area contributed by atoms with Crippen molar-refractivity contribution in [1.82, 2.24) is 19.7 Å². The standard InChI is InChI=1S/C21H24N6O2/c1-16-13-19(25-21(23-16)26-9-11-29-12-10-26)20(28)24-18-14-22-27(15-18)8-7-17-5-3-2-4-6-17/h2-6,13-15H,7-12H2,1H3,(H,24,28). The van der Waals surface area contributed by atoms with Crippen LogP contribution in [0.15, 0.2) is 48.8 Å². The van der Waals surface area contributed by atoms with Gasteiger partial charge in [0.1, 0.15) is 5.69 Å². The quantitative estimate of drug-likeness (QED) is 0.693. The van der Waals surface area contributed by atoms with Gasteiger partial charge in [0.2, 0.25) is 5.95 Å². The predicted molar refractivity (Wildman–Crippen MR) is 110 cm³/mol. The zero-order valence-corrected chi connectivity index (χ0v) is 16.4. The van der Waals surface area contributed by atoms with Crippen molar-refractivity contribution in [3.63, 3.8) is 0 Å². The summed E-state index contributed by atoms with van der Waals surface area (Å²) in [7, 11) is 0. The fourth-order valence-corrected chi connectivity index (χ4v) is 3.21. The normalized spacial score (nSPS) is 14.0. The maximum absolute atomic E-state index is 12.7. The SMILES string of the molecule is Cc1cc(C(=O)Nc2cnn(CCc3ccccc3)c2)nc(N2CCOCC2)n1. The number of carbonyl (C=O) groups excluding carboxylic acids is 1. The van der Waals surface area contributed by atoms with Gasteiger partial charge < -0.3 is 15.0 Å². The first kappa shape index (κ1) is 19.1. The van der Waals surface area contributed by atoms with E-state index in [-0.39, 0.29) is 5.91 Å². The molecule has 3 aromatic rings. The van der Waals surface area contributed by atoms with Gasteiger partial charge in [-0.2, -0.15) is 5.10 Å². The molecule has 8 heteroatoms. The van der Waals surface area contributed by atoms with Crippen LogP contribution in [0.25, 0.3) is 0 Å². The minimum absolute atomic E-state index is 0.271. The number of amides is 1. The van der Waals surface area contributed by atoms with E-state index in [1.807, 2.05) is 40.9 Å². The summed E-state index contributed by atoms with van der Waals surface area (Å²) in [6.07, 6.45) is 4.36. The van der Waals surface area contributed by atoms with Crippen LogP contribution in [0.1, 0.15) is 21.7 Å². The van der Waals surface area contributed by atoms with E-state index in [9.17, 15) is 4.79 Å². The van der Waals surface area contributed by atoms with Crippen molar-refractivity contribution in [2.75, 3.05) is 36.5 Å². The van der Waals surface area contributed by atoms with Gasteiger partial charge in [0.05, 0.1) is 25.1 Å². The molecule has 0 saturated carbocycles. The van der Waals surface area contributed by atoms with Crippen LogP contribution in [-0.2, 0) is 17.7 Å². The smallest absolute Gasteiger partial charge is 0.274 e. The number of carbonyl (C=O) groups is 1. The van der Waals surface area contributed by atoms with Gasteiger partial charge >= 0.3 is 0 Å². The van der Waals surface area contributed by atoms with Crippen molar-refractivity contribution in [3.8, 4) is 0 Å². The zero-order valence-electron chi connectivity index (χ0n) is 16.4. The Morgan fingerprint density at radius 1 is 1.17 bits per heavy atom. The average molecular weight is 392 g/mol. The summed E-state index contributed by atoms with van der Waals surface area (Å²) in [5.74, 6) is 0.296. The third-order valence-corrected chi connectivity index (χ3v) is 4.73. The molecular formula is C21H24N6O2. The highest BCUT2D eigenvalue weighted by Crippen LogP contribution is 2.14. The molecule has 1 saturated heterocycles. The van der Waals surface area contributed by atoms with E-state index in [1.165, 1.54) is 5.56 Å². The molecule has 2 aromatic heterocycles. The molecule has 0 unspecified atom stereocenters. The average Bonchev–Trinajstić information content (AvgIpc) is 3.20. The molecule has 0 bridgehead atoms. The second-order valence-electron chi connectivity index (χ2n) is 6.98. The van der Waals surface area contributed by atoms with Gasteiger partial charge in [0.25, 0.3) is 5.91 Å². The first-order valence-corrected chi connectivity index (χ1v) is 9.73. The number of rotatable bonds is 6. The largest absolute Gasteiger partial charge is 0.378 e. The van der Waals surface area contributed by atoms with Crippen molar-refractivity contribution in [3.05, 3.63) is 65.7 Å². The minimum Gasteiger partial charge on any atom is -0.378 e. The molecule has 1 aliphatic heterocycles. The molecule has 0 atom stereocenters. The number of anilines is 2. The second-order valence-corrected chi connectivity index (χ2v) is 6.98. The lowest BCUT2D eigenvalue weighted by Crippen LogP contribution is -2.37. The minimum atomic E-state index is -0.271. The first-order chi connectivity index (χ1) is 14.2. The summed E-state index contributed by atoms with van der Waals surface area (Å²) in [4.78, 5) is 23.7. The van der Waals surface area contributed by atoms with Gasteiger partial charge in [-0.25, -0.2) is 9.97 Å². The highest BCUT2D eigenvalue weighted by atomic mass is 16.5. The number of aromatic nitrogens is 4. The number of hydrogen-bond donors (Lipinski definition) is 1. The van der Waals surface area contributed by atoms with Crippen LogP contribution >= 0.6 is 0 Å². The first-order valence-electron chi connectivity index (χ1n) is 9.73. The molecule has 1 N–H and O–H groups in total. The van der Waals surface area contributed by atoms with E-state index in [4.69, 9.17) is 4.74 Å². The lowest BCUT2D eigenvalue weighted by atomic mass is 10.1. The van der Waals surface area contributed by atoms with E-state index in [1.54, 1.807) is 12.3 Å². The number of morpholine rings is 1. The van der Waals surface area contributed by atoms with Gasteiger partial charge in [0.15, 0.2) is 0 Å². The third kappa shape index (κ3) is 4.97. The van der Waals surface area contributed by atoms with Crippen molar-refractivity contribution in [2.24, 2.45) is 0 Å². The zero-order chi connectivity index (χ0) is 20.1. The summed E-state index contributed by atoms with van der Waals surface area (Å²) in [5.41, 5.74) is 2.99. The van der Waals surface area contributed by atoms with Crippen LogP contribution in [0, 0.1) is 6.92 Å². The molecule has 3 heterocycles. The molecule has 0 radical (unpaired) electrons.